The van der Waals surface area contributed by atoms with Gasteiger partial charge < -0.3 is 14.5 Å². The van der Waals surface area contributed by atoms with Crippen molar-refractivity contribution in [3.05, 3.63) is 30.2 Å². The molecule has 1 aliphatic rings. The second kappa shape index (κ2) is 3.05. The molecule has 1 aliphatic heterocycles. The first kappa shape index (κ1) is 8.88. The Morgan fingerprint density at radius 3 is 2.93 bits per heavy atom. The fourth-order valence-corrected chi connectivity index (χ4v) is 1.91. The van der Waals surface area contributed by atoms with Gasteiger partial charge in [-0.3, -0.25) is 0 Å². The van der Waals surface area contributed by atoms with Gasteiger partial charge in [0, 0.05) is 0 Å². The third kappa shape index (κ3) is 1.19. The Hall–Kier alpha value is -1.39. The first-order chi connectivity index (χ1) is 7.34. The summed E-state index contributed by atoms with van der Waals surface area (Å²) >= 11 is 0. The quantitative estimate of drug-likeness (QED) is 0.800. The standard InChI is InChI=1S/C11H12N2O2/c1-12-11(5-14-6-11)8-2-3-9-10(4-8)15-7-13-9/h2-4,7,12H,5-6H2,1H3. The van der Waals surface area contributed by atoms with Gasteiger partial charge in [-0.15, -0.1) is 0 Å². The predicted molar refractivity (Wildman–Crippen MR) is 55.6 cm³/mol. The lowest BCUT2D eigenvalue weighted by atomic mass is 9.88. The summed E-state index contributed by atoms with van der Waals surface area (Å²) in [5.41, 5.74) is 2.88. The highest BCUT2D eigenvalue weighted by molar-refractivity contribution is 5.73. The number of nitrogens with zero attached hydrogens (tertiary/aromatic N) is 1. The minimum Gasteiger partial charge on any atom is -0.443 e. The smallest absolute Gasteiger partial charge is 0.181 e. The number of oxazole rings is 1. The van der Waals surface area contributed by atoms with Crippen molar-refractivity contribution in [2.45, 2.75) is 5.54 Å². The molecule has 1 fully saturated rings. The summed E-state index contributed by atoms with van der Waals surface area (Å²) in [4.78, 5) is 4.09. The van der Waals surface area contributed by atoms with E-state index in [0.717, 1.165) is 11.1 Å². The van der Waals surface area contributed by atoms with Crippen LogP contribution in [0, 0.1) is 0 Å². The van der Waals surface area contributed by atoms with E-state index in [1.807, 2.05) is 19.2 Å². The first-order valence-corrected chi connectivity index (χ1v) is 4.94. The number of fused-ring (bicyclic) bond motifs is 1. The van der Waals surface area contributed by atoms with Crippen LogP contribution >= 0.6 is 0 Å². The van der Waals surface area contributed by atoms with Gasteiger partial charge in [0.2, 0.25) is 0 Å². The van der Waals surface area contributed by atoms with Crippen molar-refractivity contribution in [3.63, 3.8) is 0 Å². The summed E-state index contributed by atoms with van der Waals surface area (Å²) in [5, 5.41) is 3.30. The molecule has 0 amide bonds. The van der Waals surface area contributed by atoms with Crippen LogP contribution in [-0.2, 0) is 10.3 Å². The molecule has 0 radical (unpaired) electrons. The highest BCUT2D eigenvalue weighted by atomic mass is 16.5. The monoisotopic (exact) mass is 204 g/mol. The van der Waals surface area contributed by atoms with E-state index in [2.05, 4.69) is 16.4 Å². The third-order valence-electron chi connectivity index (χ3n) is 3.06. The molecule has 4 heteroatoms. The van der Waals surface area contributed by atoms with Crippen LogP contribution in [0.5, 0.6) is 0 Å². The maximum atomic E-state index is 5.29. The Labute approximate surface area is 87.2 Å². The molecule has 0 unspecified atom stereocenters. The number of benzene rings is 1. The topological polar surface area (TPSA) is 47.3 Å². The molecule has 2 aromatic rings. The Morgan fingerprint density at radius 2 is 2.27 bits per heavy atom. The third-order valence-corrected chi connectivity index (χ3v) is 3.06. The molecule has 1 aromatic heterocycles. The number of aromatic nitrogens is 1. The zero-order valence-electron chi connectivity index (χ0n) is 8.49. The summed E-state index contributed by atoms with van der Waals surface area (Å²) in [7, 11) is 1.95. The Balaban J connectivity index is 2.10. The van der Waals surface area contributed by atoms with Crippen molar-refractivity contribution in [2.75, 3.05) is 20.3 Å². The molecule has 15 heavy (non-hydrogen) atoms. The van der Waals surface area contributed by atoms with E-state index in [0.29, 0.717) is 13.2 Å². The van der Waals surface area contributed by atoms with Crippen molar-refractivity contribution in [1.29, 1.82) is 0 Å². The molecule has 2 heterocycles. The van der Waals surface area contributed by atoms with Gasteiger partial charge in [-0.25, -0.2) is 4.98 Å². The van der Waals surface area contributed by atoms with Gasteiger partial charge in [-0.05, 0) is 24.7 Å². The summed E-state index contributed by atoms with van der Waals surface area (Å²) < 4.78 is 10.6. The minimum absolute atomic E-state index is 0.0407. The number of ether oxygens (including phenoxy) is 1. The summed E-state index contributed by atoms with van der Waals surface area (Å²) in [6.45, 7) is 1.42. The van der Waals surface area contributed by atoms with Gasteiger partial charge in [0.1, 0.15) is 5.52 Å². The van der Waals surface area contributed by atoms with Crippen molar-refractivity contribution < 1.29 is 9.15 Å². The van der Waals surface area contributed by atoms with Gasteiger partial charge in [0.15, 0.2) is 12.0 Å². The molecule has 0 bridgehead atoms. The van der Waals surface area contributed by atoms with E-state index < -0.39 is 0 Å². The largest absolute Gasteiger partial charge is 0.443 e. The number of hydrogen-bond acceptors (Lipinski definition) is 4. The molecule has 0 saturated carbocycles. The van der Waals surface area contributed by atoms with Gasteiger partial charge in [-0.2, -0.15) is 0 Å². The summed E-state index contributed by atoms with van der Waals surface area (Å²) in [6, 6.07) is 6.08. The molecule has 3 rings (SSSR count). The first-order valence-electron chi connectivity index (χ1n) is 4.94. The number of nitrogens with one attached hydrogen (secondary N) is 1. The van der Waals surface area contributed by atoms with Crippen LogP contribution in [0.25, 0.3) is 11.1 Å². The second-order valence-electron chi connectivity index (χ2n) is 3.86. The number of likely N-dealkylation sites (N-methyl/N-ethyl adjacent to an activating group) is 1. The molecule has 0 spiro atoms. The van der Waals surface area contributed by atoms with Crippen molar-refractivity contribution in [1.82, 2.24) is 10.3 Å². The summed E-state index contributed by atoms with van der Waals surface area (Å²) in [5.74, 6) is 0. The number of rotatable bonds is 2. The van der Waals surface area contributed by atoms with Crippen LogP contribution in [0.4, 0.5) is 0 Å². The molecule has 0 aliphatic carbocycles. The van der Waals surface area contributed by atoms with Crippen LogP contribution in [0.2, 0.25) is 0 Å². The maximum absolute atomic E-state index is 5.29. The normalized spacial score (nSPS) is 19.0. The lowest BCUT2D eigenvalue weighted by Crippen LogP contribution is -2.56. The molecular weight excluding hydrogens is 192 g/mol. The Morgan fingerprint density at radius 1 is 1.40 bits per heavy atom. The SMILES string of the molecule is CNC1(c2ccc3ncoc3c2)COC1. The molecular formula is C11H12N2O2. The van der Waals surface area contributed by atoms with Crippen LogP contribution in [0.15, 0.2) is 29.0 Å². The average molecular weight is 204 g/mol. The van der Waals surface area contributed by atoms with E-state index in [4.69, 9.17) is 9.15 Å². The van der Waals surface area contributed by atoms with E-state index in [-0.39, 0.29) is 5.54 Å². The van der Waals surface area contributed by atoms with Gasteiger partial charge in [0.25, 0.3) is 0 Å². The lowest BCUT2D eigenvalue weighted by Gasteiger charge is -2.41. The van der Waals surface area contributed by atoms with E-state index in [1.54, 1.807) is 0 Å². The molecule has 4 nitrogen and oxygen atoms in total. The van der Waals surface area contributed by atoms with Crippen LogP contribution in [0.1, 0.15) is 5.56 Å². The highest BCUT2D eigenvalue weighted by Crippen LogP contribution is 2.30. The molecule has 1 saturated heterocycles. The summed E-state index contributed by atoms with van der Waals surface area (Å²) in [6.07, 6.45) is 1.47. The van der Waals surface area contributed by atoms with Crippen molar-refractivity contribution in [3.8, 4) is 0 Å². The fraction of sp³-hybridized carbons (Fsp3) is 0.364. The van der Waals surface area contributed by atoms with E-state index >= 15 is 0 Å². The van der Waals surface area contributed by atoms with Crippen LogP contribution in [-0.4, -0.2) is 25.2 Å². The number of hydrogen-bond donors (Lipinski definition) is 1. The second-order valence-corrected chi connectivity index (χ2v) is 3.86. The van der Waals surface area contributed by atoms with Crippen molar-refractivity contribution >= 4 is 11.1 Å². The van der Waals surface area contributed by atoms with Crippen LogP contribution < -0.4 is 5.32 Å². The molecule has 1 N–H and O–H groups in total. The Kier molecular flexibility index (Phi) is 1.81. The van der Waals surface area contributed by atoms with Gasteiger partial charge >= 0.3 is 0 Å². The van der Waals surface area contributed by atoms with Gasteiger partial charge in [0.05, 0.1) is 18.8 Å². The zero-order valence-corrected chi connectivity index (χ0v) is 8.49. The average Bonchev–Trinajstić information content (AvgIpc) is 2.64. The fourth-order valence-electron chi connectivity index (χ4n) is 1.91. The van der Waals surface area contributed by atoms with Crippen molar-refractivity contribution in [2.24, 2.45) is 0 Å². The van der Waals surface area contributed by atoms with E-state index in [1.165, 1.54) is 12.0 Å². The van der Waals surface area contributed by atoms with Crippen LogP contribution in [0.3, 0.4) is 0 Å². The maximum Gasteiger partial charge on any atom is 0.181 e. The molecule has 0 atom stereocenters. The molecule has 78 valence electrons. The van der Waals surface area contributed by atoms with Gasteiger partial charge in [-0.1, -0.05) is 6.07 Å². The zero-order chi connectivity index (χ0) is 10.3. The van der Waals surface area contributed by atoms with E-state index in [9.17, 15) is 0 Å². The Bertz CT molecular complexity index is 483. The predicted octanol–water partition coefficient (Wildman–Crippen LogP) is 1.27. The lowest BCUT2D eigenvalue weighted by molar-refractivity contribution is -0.0747. The highest BCUT2D eigenvalue weighted by Gasteiger charge is 2.38. The minimum atomic E-state index is -0.0407. The molecule has 1 aromatic carbocycles.